The van der Waals surface area contributed by atoms with Crippen molar-refractivity contribution in [1.29, 1.82) is 0 Å². The van der Waals surface area contributed by atoms with E-state index in [1.165, 1.54) is 12.8 Å². The molecule has 0 bridgehead atoms. The Labute approximate surface area is 108 Å². The average molecular weight is 251 g/mol. The number of rotatable bonds is 3. The zero-order chi connectivity index (χ0) is 13.1. The molecule has 1 saturated heterocycles. The van der Waals surface area contributed by atoms with Crippen LogP contribution in [0.25, 0.3) is 0 Å². The number of amides is 1. The number of nitrogens with zero attached hydrogens (tertiary/aromatic N) is 2. The SMILES string of the molecule is Cc1noc(C)c1C(=O)N(C)CC1CCCNC1. The van der Waals surface area contributed by atoms with Crippen molar-refractivity contribution in [3.8, 4) is 0 Å². The first kappa shape index (κ1) is 13.1. The quantitative estimate of drug-likeness (QED) is 0.881. The van der Waals surface area contributed by atoms with Crippen LogP contribution < -0.4 is 5.32 Å². The van der Waals surface area contributed by atoms with Crippen molar-refractivity contribution in [2.75, 3.05) is 26.7 Å². The van der Waals surface area contributed by atoms with E-state index in [2.05, 4.69) is 10.5 Å². The van der Waals surface area contributed by atoms with Gasteiger partial charge in [0.25, 0.3) is 5.91 Å². The minimum absolute atomic E-state index is 0.0109. The van der Waals surface area contributed by atoms with Gasteiger partial charge in [-0.25, -0.2) is 0 Å². The van der Waals surface area contributed by atoms with Crippen LogP contribution in [0, 0.1) is 19.8 Å². The van der Waals surface area contributed by atoms with E-state index in [-0.39, 0.29) is 5.91 Å². The van der Waals surface area contributed by atoms with E-state index in [0.29, 0.717) is 22.9 Å². The summed E-state index contributed by atoms with van der Waals surface area (Å²) < 4.78 is 5.05. The highest BCUT2D eigenvalue weighted by molar-refractivity contribution is 5.95. The molecule has 1 aromatic heterocycles. The van der Waals surface area contributed by atoms with E-state index in [1.807, 2.05) is 7.05 Å². The predicted molar refractivity (Wildman–Crippen MR) is 68.5 cm³/mol. The molecule has 1 aliphatic heterocycles. The number of hydrogen-bond acceptors (Lipinski definition) is 4. The number of piperidine rings is 1. The van der Waals surface area contributed by atoms with Crippen LogP contribution in [0.15, 0.2) is 4.52 Å². The van der Waals surface area contributed by atoms with Crippen LogP contribution in [-0.4, -0.2) is 42.6 Å². The summed E-state index contributed by atoms with van der Waals surface area (Å²) >= 11 is 0. The van der Waals surface area contributed by atoms with Crippen molar-refractivity contribution in [1.82, 2.24) is 15.4 Å². The van der Waals surface area contributed by atoms with Crippen LogP contribution >= 0.6 is 0 Å². The Morgan fingerprint density at radius 3 is 2.89 bits per heavy atom. The molecule has 2 heterocycles. The van der Waals surface area contributed by atoms with Crippen molar-refractivity contribution in [2.24, 2.45) is 5.92 Å². The zero-order valence-electron chi connectivity index (χ0n) is 11.3. The second kappa shape index (κ2) is 5.52. The van der Waals surface area contributed by atoms with Gasteiger partial charge < -0.3 is 14.7 Å². The number of nitrogens with one attached hydrogen (secondary N) is 1. The molecule has 0 spiro atoms. The summed E-state index contributed by atoms with van der Waals surface area (Å²) in [4.78, 5) is 14.1. The van der Waals surface area contributed by atoms with Crippen molar-refractivity contribution < 1.29 is 9.32 Å². The van der Waals surface area contributed by atoms with Gasteiger partial charge in [0, 0.05) is 13.6 Å². The van der Waals surface area contributed by atoms with Crippen LogP contribution in [0.4, 0.5) is 0 Å². The highest BCUT2D eigenvalue weighted by Gasteiger charge is 2.23. The fourth-order valence-corrected chi connectivity index (χ4v) is 2.53. The lowest BCUT2D eigenvalue weighted by molar-refractivity contribution is 0.0762. The lowest BCUT2D eigenvalue weighted by atomic mass is 9.99. The molecular formula is C13H21N3O2. The third-order valence-corrected chi connectivity index (χ3v) is 3.52. The fraction of sp³-hybridized carbons (Fsp3) is 0.692. The molecule has 0 radical (unpaired) electrons. The molecule has 1 atom stereocenters. The van der Waals surface area contributed by atoms with E-state index >= 15 is 0 Å². The standard InChI is InChI=1S/C13H21N3O2/c1-9-12(10(2)18-15-9)13(17)16(3)8-11-5-4-6-14-7-11/h11,14H,4-8H2,1-3H3. The number of hydrogen-bond donors (Lipinski definition) is 1. The van der Waals surface area contributed by atoms with Crippen molar-refractivity contribution >= 4 is 5.91 Å². The van der Waals surface area contributed by atoms with Crippen LogP contribution in [0.5, 0.6) is 0 Å². The first-order valence-electron chi connectivity index (χ1n) is 6.48. The van der Waals surface area contributed by atoms with Gasteiger partial charge in [0.15, 0.2) is 0 Å². The maximum absolute atomic E-state index is 12.3. The molecule has 1 amide bonds. The van der Waals surface area contributed by atoms with Crippen LogP contribution in [0.1, 0.15) is 34.7 Å². The average Bonchev–Trinajstić information content (AvgIpc) is 2.69. The van der Waals surface area contributed by atoms with Gasteiger partial charge in [0.05, 0.1) is 5.69 Å². The number of aromatic nitrogens is 1. The van der Waals surface area contributed by atoms with Crippen LogP contribution in [0.3, 0.4) is 0 Å². The maximum Gasteiger partial charge on any atom is 0.259 e. The molecule has 5 nitrogen and oxygen atoms in total. The van der Waals surface area contributed by atoms with E-state index in [4.69, 9.17) is 4.52 Å². The Morgan fingerprint density at radius 1 is 1.56 bits per heavy atom. The summed E-state index contributed by atoms with van der Waals surface area (Å²) in [5.41, 5.74) is 1.28. The van der Waals surface area contributed by atoms with E-state index in [0.717, 1.165) is 19.6 Å². The molecule has 1 aromatic rings. The second-order valence-electron chi connectivity index (χ2n) is 5.10. The number of carbonyl (C=O) groups is 1. The van der Waals surface area contributed by atoms with Gasteiger partial charge in [0.1, 0.15) is 11.3 Å². The van der Waals surface area contributed by atoms with Gasteiger partial charge in [-0.2, -0.15) is 0 Å². The smallest absolute Gasteiger partial charge is 0.259 e. The monoisotopic (exact) mass is 251 g/mol. The Hall–Kier alpha value is -1.36. The second-order valence-corrected chi connectivity index (χ2v) is 5.10. The van der Waals surface area contributed by atoms with Crippen LogP contribution in [0.2, 0.25) is 0 Å². The molecule has 1 unspecified atom stereocenters. The maximum atomic E-state index is 12.3. The zero-order valence-corrected chi connectivity index (χ0v) is 11.3. The van der Waals surface area contributed by atoms with Crippen molar-refractivity contribution in [3.05, 3.63) is 17.0 Å². The molecule has 1 aliphatic rings. The first-order chi connectivity index (χ1) is 8.59. The Kier molecular flexibility index (Phi) is 4.01. The Bertz CT molecular complexity index is 402. The molecule has 1 N–H and O–H groups in total. The molecule has 0 aromatic carbocycles. The van der Waals surface area contributed by atoms with Gasteiger partial charge in [-0.05, 0) is 45.7 Å². The first-order valence-corrected chi connectivity index (χ1v) is 6.48. The lowest BCUT2D eigenvalue weighted by Crippen LogP contribution is -2.39. The summed E-state index contributed by atoms with van der Waals surface area (Å²) in [7, 11) is 1.85. The number of aryl methyl sites for hydroxylation is 2. The van der Waals surface area contributed by atoms with Gasteiger partial charge in [-0.3, -0.25) is 4.79 Å². The van der Waals surface area contributed by atoms with Gasteiger partial charge in [-0.1, -0.05) is 5.16 Å². The minimum atomic E-state index is 0.0109. The predicted octanol–water partition coefficient (Wildman–Crippen LogP) is 1.36. The third kappa shape index (κ3) is 2.72. The molecule has 2 rings (SSSR count). The molecule has 0 aliphatic carbocycles. The van der Waals surface area contributed by atoms with Gasteiger partial charge >= 0.3 is 0 Å². The normalized spacial score (nSPS) is 19.8. The summed E-state index contributed by atoms with van der Waals surface area (Å²) in [6, 6.07) is 0. The Morgan fingerprint density at radius 2 is 2.33 bits per heavy atom. The van der Waals surface area contributed by atoms with Gasteiger partial charge in [0.2, 0.25) is 0 Å². The highest BCUT2D eigenvalue weighted by atomic mass is 16.5. The fourth-order valence-electron chi connectivity index (χ4n) is 2.53. The van der Waals surface area contributed by atoms with E-state index in [1.54, 1.807) is 18.7 Å². The largest absolute Gasteiger partial charge is 0.361 e. The molecule has 5 heteroatoms. The molecule has 18 heavy (non-hydrogen) atoms. The summed E-state index contributed by atoms with van der Waals surface area (Å²) in [5.74, 6) is 1.16. The molecule has 1 fully saturated rings. The van der Waals surface area contributed by atoms with Crippen LogP contribution in [-0.2, 0) is 0 Å². The topological polar surface area (TPSA) is 58.4 Å². The van der Waals surface area contributed by atoms with E-state index in [9.17, 15) is 4.79 Å². The molecular weight excluding hydrogens is 230 g/mol. The summed E-state index contributed by atoms with van der Waals surface area (Å²) in [6.45, 7) is 6.47. The highest BCUT2D eigenvalue weighted by Crippen LogP contribution is 2.17. The minimum Gasteiger partial charge on any atom is -0.361 e. The van der Waals surface area contributed by atoms with Gasteiger partial charge in [-0.15, -0.1) is 0 Å². The molecule has 0 saturated carbocycles. The van der Waals surface area contributed by atoms with E-state index < -0.39 is 0 Å². The molecule has 100 valence electrons. The third-order valence-electron chi connectivity index (χ3n) is 3.52. The summed E-state index contributed by atoms with van der Waals surface area (Å²) in [6.07, 6.45) is 2.38. The number of carbonyl (C=O) groups excluding carboxylic acids is 1. The van der Waals surface area contributed by atoms with Crippen molar-refractivity contribution in [2.45, 2.75) is 26.7 Å². The summed E-state index contributed by atoms with van der Waals surface area (Å²) in [5, 5.41) is 7.20. The van der Waals surface area contributed by atoms with Crippen molar-refractivity contribution in [3.63, 3.8) is 0 Å². The lowest BCUT2D eigenvalue weighted by Gasteiger charge is -2.27. The Balaban J connectivity index is 2.00.